The summed E-state index contributed by atoms with van der Waals surface area (Å²) in [6, 6.07) is 0. The Labute approximate surface area is 73.4 Å². The number of aryl methyl sites for hydroxylation is 1. The zero-order valence-corrected chi connectivity index (χ0v) is 7.95. The van der Waals surface area contributed by atoms with Crippen LogP contribution in [0, 0.1) is 0 Å². The van der Waals surface area contributed by atoms with Crippen LogP contribution in [0.3, 0.4) is 0 Å². The first kappa shape index (κ1) is 9.26. The largest absolute Gasteiger partial charge is 0.372 e. The third-order valence-electron chi connectivity index (χ3n) is 1.62. The topological polar surface area (TPSA) is 27.1 Å². The highest BCUT2D eigenvalue weighted by Crippen LogP contribution is 2.00. The molecule has 0 atom stereocenters. The van der Waals surface area contributed by atoms with Crippen LogP contribution in [0.4, 0.5) is 0 Å². The molecular formula is C9H16N2O. The fourth-order valence-corrected chi connectivity index (χ4v) is 0.906. The highest BCUT2D eigenvalue weighted by Gasteiger charge is 1.98. The molecule has 12 heavy (non-hydrogen) atoms. The Morgan fingerprint density at radius 3 is 2.83 bits per heavy atom. The van der Waals surface area contributed by atoms with Crippen LogP contribution in [0.15, 0.2) is 12.5 Å². The number of aromatic nitrogens is 2. The number of hydrogen-bond acceptors (Lipinski definition) is 2. The third kappa shape index (κ3) is 2.66. The van der Waals surface area contributed by atoms with Gasteiger partial charge in [0.2, 0.25) is 0 Å². The van der Waals surface area contributed by atoms with Crippen LogP contribution < -0.4 is 0 Å². The van der Waals surface area contributed by atoms with Crippen LogP contribution in [-0.4, -0.2) is 15.7 Å². The first-order valence-electron chi connectivity index (χ1n) is 4.34. The van der Waals surface area contributed by atoms with Gasteiger partial charge in [-0.05, 0) is 20.8 Å². The molecule has 0 aromatic carbocycles. The molecule has 3 nitrogen and oxygen atoms in total. The molecule has 1 aromatic rings. The maximum atomic E-state index is 5.41. The van der Waals surface area contributed by atoms with Gasteiger partial charge in [-0.15, -0.1) is 0 Å². The smallest absolute Gasteiger partial charge is 0.0950 e. The van der Waals surface area contributed by atoms with Crippen LogP contribution >= 0.6 is 0 Å². The number of ether oxygens (including phenoxy) is 1. The van der Waals surface area contributed by atoms with Crippen molar-refractivity contribution in [3.8, 4) is 0 Å². The summed E-state index contributed by atoms with van der Waals surface area (Å²) in [5, 5.41) is 0. The Morgan fingerprint density at radius 2 is 2.33 bits per heavy atom. The summed E-state index contributed by atoms with van der Waals surface area (Å²) in [6.07, 6.45) is 4.12. The lowest BCUT2D eigenvalue weighted by molar-refractivity contribution is 0.0637. The molecule has 0 saturated heterocycles. The molecule has 0 radical (unpaired) electrons. The van der Waals surface area contributed by atoms with E-state index in [0.29, 0.717) is 6.61 Å². The molecule has 0 unspecified atom stereocenters. The van der Waals surface area contributed by atoms with Gasteiger partial charge >= 0.3 is 0 Å². The molecule has 68 valence electrons. The minimum Gasteiger partial charge on any atom is -0.372 e. The lowest BCUT2D eigenvalue weighted by Crippen LogP contribution is -2.02. The lowest BCUT2D eigenvalue weighted by atomic mass is 10.4. The van der Waals surface area contributed by atoms with E-state index in [2.05, 4.69) is 11.9 Å². The summed E-state index contributed by atoms with van der Waals surface area (Å²) in [6.45, 7) is 7.72. The average molecular weight is 168 g/mol. The van der Waals surface area contributed by atoms with E-state index in [1.807, 2.05) is 30.9 Å². The Hall–Kier alpha value is -0.830. The number of rotatable bonds is 4. The van der Waals surface area contributed by atoms with Gasteiger partial charge in [0.1, 0.15) is 0 Å². The van der Waals surface area contributed by atoms with Crippen molar-refractivity contribution < 1.29 is 4.74 Å². The Morgan fingerprint density at radius 1 is 1.58 bits per heavy atom. The SMILES string of the molecule is CCn1cnc(COC(C)C)c1. The van der Waals surface area contributed by atoms with Crippen molar-refractivity contribution in [1.82, 2.24) is 9.55 Å². The minimum absolute atomic E-state index is 0.275. The van der Waals surface area contributed by atoms with Crippen LogP contribution in [0.25, 0.3) is 0 Å². The molecule has 1 heterocycles. The molecule has 0 spiro atoms. The van der Waals surface area contributed by atoms with Gasteiger partial charge in [0.25, 0.3) is 0 Å². The maximum Gasteiger partial charge on any atom is 0.0950 e. The maximum absolute atomic E-state index is 5.41. The second kappa shape index (κ2) is 4.26. The summed E-state index contributed by atoms with van der Waals surface area (Å²) >= 11 is 0. The molecule has 0 aliphatic rings. The van der Waals surface area contributed by atoms with E-state index in [-0.39, 0.29) is 6.10 Å². The molecule has 0 saturated carbocycles. The molecular weight excluding hydrogens is 152 g/mol. The zero-order valence-electron chi connectivity index (χ0n) is 7.95. The van der Waals surface area contributed by atoms with Crippen molar-refractivity contribution in [3.05, 3.63) is 18.2 Å². The van der Waals surface area contributed by atoms with E-state index < -0.39 is 0 Å². The molecule has 1 aromatic heterocycles. The Kier molecular flexibility index (Phi) is 3.29. The summed E-state index contributed by atoms with van der Waals surface area (Å²) in [5.74, 6) is 0. The lowest BCUT2D eigenvalue weighted by Gasteiger charge is -2.03. The van der Waals surface area contributed by atoms with Crippen molar-refractivity contribution in [2.75, 3.05) is 0 Å². The van der Waals surface area contributed by atoms with Crippen LogP contribution in [0.2, 0.25) is 0 Å². The molecule has 0 aliphatic heterocycles. The molecule has 3 heteroatoms. The molecule has 0 amide bonds. The standard InChI is InChI=1S/C9H16N2O/c1-4-11-5-9(10-7-11)6-12-8(2)3/h5,7-8H,4,6H2,1-3H3. The van der Waals surface area contributed by atoms with Gasteiger partial charge in [-0.1, -0.05) is 0 Å². The fourth-order valence-electron chi connectivity index (χ4n) is 0.906. The monoisotopic (exact) mass is 168 g/mol. The zero-order chi connectivity index (χ0) is 8.97. The van der Waals surface area contributed by atoms with E-state index in [4.69, 9.17) is 4.74 Å². The van der Waals surface area contributed by atoms with E-state index >= 15 is 0 Å². The predicted octanol–water partition coefficient (Wildman–Crippen LogP) is 1.83. The second-order valence-electron chi connectivity index (χ2n) is 3.06. The third-order valence-corrected chi connectivity index (χ3v) is 1.62. The van der Waals surface area contributed by atoms with Gasteiger partial charge in [0.15, 0.2) is 0 Å². The summed E-state index contributed by atoms with van der Waals surface area (Å²) in [7, 11) is 0. The Balaban J connectivity index is 2.41. The summed E-state index contributed by atoms with van der Waals surface area (Å²) in [5.41, 5.74) is 1.01. The first-order valence-corrected chi connectivity index (χ1v) is 4.34. The second-order valence-corrected chi connectivity index (χ2v) is 3.06. The van der Waals surface area contributed by atoms with Gasteiger partial charge in [0, 0.05) is 12.7 Å². The molecule has 1 rings (SSSR count). The van der Waals surface area contributed by atoms with Crippen molar-refractivity contribution in [2.45, 2.75) is 40.0 Å². The number of imidazole rings is 1. The van der Waals surface area contributed by atoms with Gasteiger partial charge in [-0.3, -0.25) is 0 Å². The van der Waals surface area contributed by atoms with Crippen molar-refractivity contribution in [3.63, 3.8) is 0 Å². The van der Waals surface area contributed by atoms with Crippen molar-refractivity contribution in [2.24, 2.45) is 0 Å². The van der Waals surface area contributed by atoms with E-state index in [0.717, 1.165) is 12.2 Å². The van der Waals surface area contributed by atoms with Crippen molar-refractivity contribution >= 4 is 0 Å². The molecule has 0 fully saturated rings. The van der Waals surface area contributed by atoms with Gasteiger partial charge < -0.3 is 9.30 Å². The van der Waals surface area contributed by atoms with E-state index in [9.17, 15) is 0 Å². The minimum atomic E-state index is 0.275. The van der Waals surface area contributed by atoms with Gasteiger partial charge in [-0.25, -0.2) is 4.98 Å². The van der Waals surface area contributed by atoms with E-state index in [1.165, 1.54) is 0 Å². The number of hydrogen-bond donors (Lipinski definition) is 0. The molecule has 0 aliphatic carbocycles. The normalized spacial score (nSPS) is 11.0. The Bertz CT molecular complexity index is 230. The van der Waals surface area contributed by atoms with E-state index in [1.54, 1.807) is 0 Å². The average Bonchev–Trinajstić information content (AvgIpc) is 2.48. The molecule has 0 bridgehead atoms. The predicted molar refractivity (Wildman–Crippen MR) is 47.8 cm³/mol. The highest BCUT2D eigenvalue weighted by atomic mass is 16.5. The molecule has 0 N–H and O–H groups in total. The highest BCUT2D eigenvalue weighted by molar-refractivity contribution is 4.94. The van der Waals surface area contributed by atoms with Crippen LogP contribution in [0.5, 0.6) is 0 Å². The van der Waals surface area contributed by atoms with Crippen molar-refractivity contribution in [1.29, 1.82) is 0 Å². The number of nitrogens with zero attached hydrogens (tertiary/aromatic N) is 2. The summed E-state index contributed by atoms with van der Waals surface area (Å²) < 4.78 is 7.45. The quantitative estimate of drug-likeness (QED) is 0.685. The summed E-state index contributed by atoms with van der Waals surface area (Å²) in [4.78, 5) is 4.20. The fraction of sp³-hybridized carbons (Fsp3) is 0.667. The van der Waals surface area contributed by atoms with Crippen LogP contribution in [0.1, 0.15) is 26.5 Å². The van der Waals surface area contributed by atoms with Crippen LogP contribution in [-0.2, 0) is 17.9 Å². The van der Waals surface area contributed by atoms with Gasteiger partial charge in [-0.2, -0.15) is 0 Å². The van der Waals surface area contributed by atoms with Gasteiger partial charge in [0.05, 0.1) is 24.7 Å². The first-order chi connectivity index (χ1) is 5.72.